The van der Waals surface area contributed by atoms with E-state index < -0.39 is 11.5 Å². The van der Waals surface area contributed by atoms with Gasteiger partial charge in [0.05, 0.1) is 6.54 Å². The van der Waals surface area contributed by atoms with E-state index in [1.807, 2.05) is 20.8 Å². The van der Waals surface area contributed by atoms with Crippen LogP contribution < -0.4 is 15.5 Å². The Bertz CT molecular complexity index is 918. The summed E-state index contributed by atoms with van der Waals surface area (Å²) in [6, 6.07) is 13.7. The third-order valence-corrected chi connectivity index (χ3v) is 4.24. The number of anilines is 3. The summed E-state index contributed by atoms with van der Waals surface area (Å²) in [6.07, 6.45) is -0.397. The highest BCUT2D eigenvalue weighted by atomic mass is 16.6. The molecular weight excluding hydrogens is 358 g/mol. The topological polar surface area (TPSA) is 87.7 Å². The molecule has 0 atom stereocenters. The van der Waals surface area contributed by atoms with Crippen molar-refractivity contribution in [3.63, 3.8) is 0 Å². The van der Waals surface area contributed by atoms with Gasteiger partial charge < -0.3 is 15.4 Å². The molecule has 7 nitrogen and oxygen atoms in total. The van der Waals surface area contributed by atoms with Gasteiger partial charge in [-0.2, -0.15) is 0 Å². The number of nitrogens with one attached hydrogen (secondary N) is 2. The highest BCUT2D eigenvalue weighted by Crippen LogP contribution is 2.23. The zero-order chi connectivity index (χ0) is 20.3. The van der Waals surface area contributed by atoms with Crippen LogP contribution in [0.5, 0.6) is 0 Å². The normalized spacial score (nSPS) is 13.8. The Hall–Kier alpha value is -3.35. The smallest absolute Gasteiger partial charge is 0.414 e. The predicted molar refractivity (Wildman–Crippen MR) is 108 cm³/mol. The van der Waals surface area contributed by atoms with Crippen molar-refractivity contribution in [3.05, 3.63) is 54.1 Å². The summed E-state index contributed by atoms with van der Waals surface area (Å²) >= 11 is 0. The molecule has 0 saturated carbocycles. The Morgan fingerprint density at radius 2 is 1.68 bits per heavy atom. The van der Waals surface area contributed by atoms with Crippen LogP contribution in [-0.4, -0.2) is 31.1 Å². The third kappa shape index (κ3) is 4.49. The maximum Gasteiger partial charge on any atom is 0.414 e. The molecule has 7 heteroatoms. The van der Waals surface area contributed by atoms with Crippen molar-refractivity contribution in [3.8, 4) is 0 Å². The summed E-state index contributed by atoms with van der Waals surface area (Å²) in [4.78, 5) is 38.0. The zero-order valence-corrected chi connectivity index (χ0v) is 16.1. The van der Waals surface area contributed by atoms with Gasteiger partial charge in [0.25, 0.3) is 5.91 Å². The van der Waals surface area contributed by atoms with Crippen LogP contribution in [0.25, 0.3) is 0 Å². The Balaban J connectivity index is 1.72. The number of nitrogens with zero attached hydrogens (tertiary/aromatic N) is 1. The van der Waals surface area contributed by atoms with Gasteiger partial charge in [0.15, 0.2) is 0 Å². The number of amides is 3. The third-order valence-electron chi connectivity index (χ3n) is 4.24. The number of hydrogen-bond acceptors (Lipinski definition) is 4. The summed E-state index contributed by atoms with van der Waals surface area (Å²) in [7, 11) is 0. The number of rotatable bonds is 4. The van der Waals surface area contributed by atoms with E-state index in [9.17, 15) is 14.4 Å². The van der Waals surface area contributed by atoms with Crippen LogP contribution in [0.15, 0.2) is 48.5 Å². The number of benzene rings is 2. The average Bonchev–Trinajstić information content (AvgIpc) is 3.07. The maximum atomic E-state index is 12.6. The van der Waals surface area contributed by atoms with Gasteiger partial charge in [-0.15, -0.1) is 0 Å². The van der Waals surface area contributed by atoms with E-state index in [1.165, 1.54) is 4.90 Å². The molecule has 2 aromatic rings. The highest BCUT2D eigenvalue weighted by Gasteiger charge is 2.24. The molecule has 1 aliphatic heterocycles. The van der Waals surface area contributed by atoms with Gasteiger partial charge in [0.2, 0.25) is 5.91 Å². The molecule has 2 aromatic carbocycles. The van der Waals surface area contributed by atoms with Gasteiger partial charge in [0.1, 0.15) is 6.61 Å². The van der Waals surface area contributed by atoms with Crippen molar-refractivity contribution in [1.29, 1.82) is 0 Å². The first-order valence-electron chi connectivity index (χ1n) is 9.01. The van der Waals surface area contributed by atoms with Crippen molar-refractivity contribution >= 4 is 35.0 Å². The second-order valence-corrected chi connectivity index (χ2v) is 7.56. The first-order chi connectivity index (χ1) is 13.2. The lowest BCUT2D eigenvalue weighted by atomic mass is 9.95. The molecule has 0 aliphatic carbocycles. The number of cyclic esters (lactones) is 1. The van der Waals surface area contributed by atoms with Crippen LogP contribution >= 0.6 is 0 Å². The number of carbonyl (C=O) groups excluding carboxylic acids is 3. The fourth-order valence-corrected chi connectivity index (χ4v) is 2.64. The first-order valence-corrected chi connectivity index (χ1v) is 9.01. The average molecular weight is 381 g/mol. The first kappa shape index (κ1) is 19.4. The Kier molecular flexibility index (Phi) is 5.35. The second-order valence-electron chi connectivity index (χ2n) is 7.56. The van der Waals surface area contributed by atoms with Gasteiger partial charge in [-0.05, 0) is 36.4 Å². The molecule has 0 aromatic heterocycles. The summed E-state index contributed by atoms with van der Waals surface area (Å²) < 4.78 is 4.94. The van der Waals surface area contributed by atoms with Gasteiger partial charge in [-0.1, -0.05) is 32.9 Å². The fourth-order valence-electron chi connectivity index (χ4n) is 2.64. The van der Waals surface area contributed by atoms with E-state index >= 15 is 0 Å². The Morgan fingerprint density at radius 1 is 1.00 bits per heavy atom. The number of carbonyl (C=O) groups is 3. The van der Waals surface area contributed by atoms with E-state index in [2.05, 4.69) is 10.6 Å². The standard InChI is InChI=1S/C21H23N3O4/c1-21(2,3)19(26)23-15-7-4-6-14(12-15)18(25)22-16-8-5-9-17(13-16)24-10-11-28-20(24)27/h4-9,12-13H,10-11H2,1-3H3,(H,22,25)(H,23,26). The summed E-state index contributed by atoms with van der Waals surface area (Å²) in [6.45, 7) is 6.29. The summed E-state index contributed by atoms with van der Waals surface area (Å²) in [5.41, 5.74) is 1.66. The molecule has 146 valence electrons. The minimum absolute atomic E-state index is 0.129. The van der Waals surface area contributed by atoms with E-state index in [-0.39, 0.29) is 11.8 Å². The van der Waals surface area contributed by atoms with Gasteiger partial charge in [-0.25, -0.2) is 4.79 Å². The molecule has 0 radical (unpaired) electrons. The van der Waals surface area contributed by atoms with Gasteiger partial charge in [0, 0.05) is 28.0 Å². The molecule has 1 fully saturated rings. The Labute approximate surface area is 163 Å². The van der Waals surface area contributed by atoms with Crippen LogP contribution in [0.3, 0.4) is 0 Å². The highest BCUT2D eigenvalue weighted by molar-refractivity contribution is 6.06. The van der Waals surface area contributed by atoms with Crippen molar-refractivity contribution in [2.45, 2.75) is 20.8 Å². The lowest BCUT2D eigenvalue weighted by molar-refractivity contribution is -0.123. The molecule has 28 heavy (non-hydrogen) atoms. The SMILES string of the molecule is CC(C)(C)C(=O)Nc1cccc(C(=O)Nc2cccc(N3CCOC3=O)c2)c1. The quantitative estimate of drug-likeness (QED) is 0.841. The predicted octanol–water partition coefficient (Wildman–Crippen LogP) is 3.88. The maximum absolute atomic E-state index is 12.6. The van der Waals surface area contributed by atoms with Crippen molar-refractivity contribution in [1.82, 2.24) is 0 Å². The minimum Gasteiger partial charge on any atom is -0.447 e. The minimum atomic E-state index is -0.532. The van der Waals surface area contributed by atoms with Crippen LogP contribution in [-0.2, 0) is 9.53 Å². The van der Waals surface area contributed by atoms with Crippen molar-refractivity contribution < 1.29 is 19.1 Å². The molecule has 1 aliphatic rings. The van der Waals surface area contributed by atoms with Crippen molar-refractivity contribution in [2.75, 3.05) is 28.7 Å². The largest absolute Gasteiger partial charge is 0.447 e. The molecule has 1 heterocycles. The molecule has 2 N–H and O–H groups in total. The number of hydrogen-bond donors (Lipinski definition) is 2. The number of ether oxygens (including phenoxy) is 1. The molecule has 0 spiro atoms. The monoisotopic (exact) mass is 381 g/mol. The van der Waals surface area contributed by atoms with Crippen molar-refractivity contribution in [2.24, 2.45) is 5.41 Å². The molecule has 3 rings (SSSR count). The van der Waals surface area contributed by atoms with Crippen LogP contribution in [0, 0.1) is 5.41 Å². The van der Waals surface area contributed by atoms with E-state index in [0.717, 1.165) is 0 Å². The van der Waals surface area contributed by atoms with Crippen LogP contribution in [0.2, 0.25) is 0 Å². The van der Waals surface area contributed by atoms with E-state index in [0.29, 0.717) is 35.8 Å². The zero-order valence-electron chi connectivity index (χ0n) is 16.1. The Morgan fingerprint density at radius 3 is 2.32 bits per heavy atom. The van der Waals surface area contributed by atoms with Gasteiger partial charge in [-0.3, -0.25) is 14.5 Å². The van der Waals surface area contributed by atoms with Gasteiger partial charge >= 0.3 is 6.09 Å². The lowest BCUT2D eigenvalue weighted by Crippen LogP contribution is -2.27. The van der Waals surface area contributed by atoms with Crippen LogP contribution in [0.1, 0.15) is 31.1 Å². The lowest BCUT2D eigenvalue weighted by Gasteiger charge is -2.18. The molecule has 1 saturated heterocycles. The van der Waals surface area contributed by atoms with E-state index in [4.69, 9.17) is 4.74 Å². The molecule has 0 unspecified atom stereocenters. The summed E-state index contributed by atoms with van der Waals surface area (Å²) in [5.74, 6) is -0.441. The fraction of sp³-hybridized carbons (Fsp3) is 0.286. The molecule has 3 amide bonds. The summed E-state index contributed by atoms with van der Waals surface area (Å²) in [5, 5.41) is 5.63. The molecule has 0 bridgehead atoms. The van der Waals surface area contributed by atoms with Crippen LogP contribution in [0.4, 0.5) is 21.9 Å². The molecular formula is C21H23N3O4. The second kappa shape index (κ2) is 7.72. The van der Waals surface area contributed by atoms with E-state index in [1.54, 1.807) is 48.5 Å².